The van der Waals surface area contributed by atoms with Crippen LogP contribution < -0.4 is 5.32 Å². The maximum atomic E-state index is 5.08. The predicted molar refractivity (Wildman–Crippen MR) is 59.6 cm³/mol. The summed E-state index contributed by atoms with van der Waals surface area (Å²) in [5, 5.41) is 3.50. The lowest BCUT2D eigenvalue weighted by Crippen LogP contribution is -2.28. The summed E-state index contributed by atoms with van der Waals surface area (Å²) in [6.45, 7) is 9.04. The highest BCUT2D eigenvalue weighted by atomic mass is 16.5. The molecule has 0 bridgehead atoms. The minimum absolute atomic E-state index is 0.860. The van der Waals surface area contributed by atoms with E-state index in [1.165, 1.54) is 32.5 Å². The van der Waals surface area contributed by atoms with Crippen LogP contribution in [0.4, 0.5) is 0 Å². The standard InChI is InChI=1S/C11H24N2O/c1-3-5-12-9-11-4-6-13(10-11)7-8-14-2/h11-12H,3-10H2,1-2H3. The zero-order chi connectivity index (χ0) is 10.2. The number of nitrogens with one attached hydrogen (secondary N) is 1. The van der Waals surface area contributed by atoms with Gasteiger partial charge in [-0.1, -0.05) is 6.92 Å². The topological polar surface area (TPSA) is 24.5 Å². The summed E-state index contributed by atoms with van der Waals surface area (Å²) >= 11 is 0. The van der Waals surface area contributed by atoms with Crippen molar-refractivity contribution >= 4 is 0 Å². The predicted octanol–water partition coefficient (Wildman–Crippen LogP) is 0.954. The molecule has 0 spiro atoms. The molecule has 0 aromatic rings. The SMILES string of the molecule is CCCNCC1CCN(CCOC)C1. The fraction of sp³-hybridized carbons (Fsp3) is 1.00. The summed E-state index contributed by atoms with van der Waals surface area (Å²) in [4.78, 5) is 2.50. The second-order valence-corrected chi connectivity index (χ2v) is 4.15. The van der Waals surface area contributed by atoms with E-state index in [1.54, 1.807) is 7.11 Å². The van der Waals surface area contributed by atoms with Gasteiger partial charge in [0.15, 0.2) is 0 Å². The third kappa shape index (κ3) is 4.40. The van der Waals surface area contributed by atoms with Crippen molar-refractivity contribution < 1.29 is 4.74 Å². The molecule has 3 nitrogen and oxygen atoms in total. The Morgan fingerprint density at radius 3 is 3.07 bits per heavy atom. The first kappa shape index (κ1) is 12.0. The molecule has 14 heavy (non-hydrogen) atoms. The van der Waals surface area contributed by atoms with E-state index in [0.29, 0.717) is 0 Å². The Morgan fingerprint density at radius 2 is 2.36 bits per heavy atom. The summed E-state index contributed by atoms with van der Waals surface area (Å²) in [5.74, 6) is 0.860. The molecule has 0 aliphatic carbocycles. The van der Waals surface area contributed by atoms with Crippen molar-refractivity contribution in [2.45, 2.75) is 19.8 Å². The molecular formula is C11H24N2O. The van der Waals surface area contributed by atoms with E-state index in [4.69, 9.17) is 4.74 Å². The third-order valence-corrected chi connectivity index (χ3v) is 2.84. The molecule has 1 rings (SSSR count). The number of hydrogen-bond donors (Lipinski definition) is 1. The molecule has 1 fully saturated rings. The van der Waals surface area contributed by atoms with E-state index in [2.05, 4.69) is 17.1 Å². The molecule has 3 heteroatoms. The van der Waals surface area contributed by atoms with E-state index in [0.717, 1.165) is 25.6 Å². The summed E-state index contributed by atoms with van der Waals surface area (Å²) in [5.41, 5.74) is 0. The van der Waals surface area contributed by atoms with Crippen LogP contribution >= 0.6 is 0 Å². The normalized spacial score (nSPS) is 23.1. The van der Waals surface area contributed by atoms with Crippen molar-refractivity contribution in [1.82, 2.24) is 10.2 Å². The first-order valence-electron chi connectivity index (χ1n) is 5.78. The molecule has 84 valence electrons. The van der Waals surface area contributed by atoms with Crippen molar-refractivity contribution in [2.24, 2.45) is 5.92 Å². The van der Waals surface area contributed by atoms with E-state index >= 15 is 0 Å². The lowest BCUT2D eigenvalue weighted by atomic mass is 10.1. The van der Waals surface area contributed by atoms with Gasteiger partial charge in [-0.05, 0) is 38.4 Å². The van der Waals surface area contributed by atoms with Crippen molar-refractivity contribution in [3.63, 3.8) is 0 Å². The van der Waals surface area contributed by atoms with Gasteiger partial charge in [-0.2, -0.15) is 0 Å². The molecule has 1 N–H and O–H groups in total. The minimum Gasteiger partial charge on any atom is -0.383 e. The van der Waals surface area contributed by atoms with Crippen LogP contribution in [0.5, 0.6) is 0 Å². The molecule has 1 atom stereocenters. The van der Waals surface area contributed by atoms with Crippen molar-refractivity contribution in [3.8, 4) is 0 Å². The molecule has 0 amide bonds. The largest absolute Gasteiger partial charge is 0.383 e. The quantitative estimate of drug-likeness (QED) is 0.619. The van der Waals surface area contributed by atoms with E-state index < -0.39 is 0 Å². The Labute approximate surface area is 87.8 Å². The van der Waals surface area contributed by atoms with Crippen molar-refractivity contribution in [2.75, 3.05) is 46.4 Å². The fourth-order valence-electron chi connectivity index (χ4n) is 1.99. The van der Waals surface area contributed by atoms with E-state index in [9.17, 15) is 0 Å². The first-order chi connectivity index (χ1) is 6.86. The Hall–Kier alpha value is -0.120. The van der Waals surface area contributed by atoms with Gasteiger partial charge in [0.2, 0.25) is 0 Å². The number of methoxy groups -OCH3 is 1. The smallest absolute Gasteiger partial charge is 0.0589 e. The van der Waals surface area contributed by atoms with Gasteiger partial charge in [-0.25, -0.2) is 0 Å². The van der Waals surface area contributed by atoms with Crippen LogP contribution in [0.25, 0.3) is 0 Å². The van der Waals surface area contributed by atoms with Crippen LogP contribution in [-0.4, -0.2) is 51.3 Å². The number of ether oxygens (including phenoxy) is 1. The number of likely N-dealkylation sites (tertiary alicyclic amines) is 1. The number of nitrogens with zero attached hydrogens (tertiary/aromatic N) is 1. The lowest BCUT2D eigenvalue weighted by molar-refractivity contribution is 0.159. The number of rotatable bonds is 7. The molecule has 1 aliphatic rings. The lowest BCUT2D eigenvalue weighted by Gasteiger charge is -2.15. The second kappa shape index (κ2) is 7.21. The molecule has 0 aromatic heterocycles. The molecule has 1 heterocycles. The van der Waals surface area contributed by atoms with Gasteiger partial charge >= 0.3 is 0 Å². The molecule has 0 radical (unpaired) electrons. The molecule has 0 aromatic carbocycles. The Balaban J connectivity index is 2.02. The molecule has 1 saturated heterocycles. The Kier molecular flexibility index (Phi) is 6.15. The highest BCUT2D eigenvalue weighted by Crippen LogP contribution is 2.14. The van der Waals surface area contributed by atoms with Crippen LogP contribution in [0.3, 0.4) is 0 Å². The van der Waals surface area contributed by atoms with Crippen LogP contribution in [0.2, 0.25) is 0 Å². The van der Waals surface area contributed by atoms with Gasteiger partial charge in [0.05, 0.1) is 6.61 Å². The zero-order valence-corrected chi connectivity index (χ0v) is 9.59. The molecule has 1 unspecified atom stereocenters. The van der Waals surface area contributed by atoms with Crippen molar-refractivity contribution in [1.29, 1.82) is 0 Å². The van der Waals surface area contributed by atoms with Gasteiger partial charge in [0.25, 0.3) is 0 Å². The Morgan fingerprint density at radius 1 is 1.50 bits per heavy atom. The van der Waals surface area contributed by atoms with Gasteiger partial charge in [0.1, 0.15) is 0 Å². The number of hydrogen-bond acceptors (Lipinski definition) is 3. The zero-order valence-electron chi connectivity index (χ0n) is 9.59. The van der Waals surface area contributed by atoms with Crippen LogP contribution in [-0.2, 0) is 4.74 Å². The first-order valence-corrected chi connectivity index (χ1v) is 5.78. The average Bonchev–Trinajstić information content (AvgIpc) is 2.63. The summed E-state index contributed by atoms with van der Waals surface area (Å²) in [6.07, 6.45) is 2.58. The van der Waals surface area contributed by atoms with Crippen LogP contribution in [0.15, 0.2) is 0 Å². The molecule has 1 aliphatic heterocycles. The highest BCUT2D eigenvalue weighted by molar-refractivity contribution is 4.76. The molecule has 0 saturated carbocycles. The highest BCUT2D eigenvalue weighted by Gasteiger charge is 2.21. The van der Waals surface area contributed by atoms with Crippen LogP contribution in [0, 0.1) is 5.92 Å². The summed E-state index contributed by atoms with van der Waals surface area (Å²) in [6, 6.07) is 0. The summed E-state index contributed by atoms with van der Waals surface area (Å²) < 4.78 is 5.08. The average molecular weight is 200 g/mol. The Bertz CT molecular complexity index is 141. The fourth-order valence-corrected chi connectivity index (χ4v) is 1.99. The molecular weight excluding hydrogens is 176 g/mol. The van der Waals surface area contributed by atoms with E-state index in [-0.39, 0.29) is 0 Å². The van der Waals surface area contributed by atoms with Crippen LogP contribution in [0.1, 0.15) is 19.8 Å². The third-order valence-electron chi connectivity index (χ3n) is 2.84. The van der Waals surface area contributed by atoms with Gasteiger partial charge in [0, 0.05) is 20.2 Å². The van der Waals surface area contributed by atoms with Gasteiger partial charge < -0.3 is 15.0 Å². The summed E-state index contributed by atoms with van der Waals surface area (Å²) in [7, 11) is 1.77. The maximum absolute atomic E-state index is 5.08. The van der Waals surface area contributed by atoms with Crippen molar-refractivity contribution in [3.05, 3.63) is 0 Å². The second-order valence-electron chi connectivity index (χ2n) is 4.15. The maximum Gasteiger partial charge on any atom is 0.0589 e. The minimum atomic E-state index is 0.860. The van der Waals surface area contributed by atoms with Gasteiger partial charge in [-0.15, -0.1) is 0 Å². The van der Waals surface area contributed by atoms with E-state index in [1.807, 2.05) is 0 Å². The van der Waals surface area contributed by atoms with Gasteiger partial charge in [-0.3, -0.25) is 0 Å². The monoisotopic (exact) mass is 200 g/mol.